The van der Waals surface area contributed by atoms with Crippen LogP contribution in [-0.2, 0) is 9.59 Å². The van der Waals surface area contributed by atoms with Crippen LogP contribution in [0.25, 0.3) is 0 Å². The Morgan fingerprint density at radius 3 is 2.07 bits per heavy atom. The average molecular weight is 362 g/mol. The summed E-state index contributed by atoms with van der Waals surface area (Å²) in [5.41, 5.74) is 2.26. The minimum absolute atomic E-state index is 0.0103. The van der Waals surface area contributed by atoms with Gasteiger partial charge in [0.2, 0.25) is 5.91 Å². The van der Waals surface area contributed by atoms with E-state index in [1.54, 1.807) is 19.0 Å². The second-order valence-electron chi connectivity index (χ2n) is 7.85. The molecule has 4 atom stereocenters. The Labute approximate surface area is 160 Å². The van der Waals surface area contributed by atoms with Crippen LogP contribution in [0.15, 0.2) is 60.7 Å². The van der Waals surface area contributed by atoms with Crippen molar-refractivity contribution >= 4 is 11.7 Å². The Bertz CT molecular complexity index is 779. The van der Waals surface area contributed by atoms with E-state index in [0.29, 0.717) is 12.2 Å². The molecule has 2 bridgehead atoms. The van der Waals surface area contributed by atoms with Crippen molar-refractivity contribution in [2.75, 3.05) is 20.6 Å². The van der Waals surface area contributed by atoms with Gasteiger partial charge in [-0.1, -0.05) is 60.7 Å². The first-order valence-corrected chi connectivity index (χ1v) is 9.68. The van der Waals surface area contributed by atoms with Gasteiger partial charge in [0.15, 0.2) is 5.78 Å². The number of ketones is 1. The molecule has 3 aliphatic heterocycles. The van der Waals surface area contributed by atoms with Gasteiger partial charge < -0.3 is 4.90 Å². The number of carbonyl (C=O) groups excluding carboxylic acids is 2. The van der Waals surface area contributed by atoms with E-state index in [1.165, 1.54) is 0 Å². The van der Waals surface area contributed by atoms with E-state index in [2.05, 4.69) is 29.2 Å². The van der Waals surface area contributed by atoms with E-state index in [0.717, 1.165) is 24.1 Å². The molecule has 2 aromatic rings. The van der Waals surface area contributed by atoms with E-state index in [-0.39, 0.29) is 29.8 Å². The monoisotopic (exact) mass is 362 g/mol. The molecule has 0 N–H and O–H groups in total. The maximum absolute atomic E-state index is 13.3. The zero-order valence-corrected chi connectivity index (χ0v) is 15.9. The highest BCUT2D eigenvalue weighted by molar-refractivity contribution is 5.93. The molecule has 1 amide bonds. The molecule has 3 saturated heterocycles. The van der Waals surface area contributed by atoms with Gasteiger partial charge in [0.1, 0.15) is 0 Å². The van der Waals surface area contributed by atoms with Crippen molar-refractivity contribution in [1.29, 1.82) is 0 Å². The van der Waals surface area contributed by atoms with Crippen LogP contribution in [0.4, 0.5) is 0 Å². The molecule has 3 heterocycles. The third-order valence-electron chi connectivity index (χ3n) is 6.05. The number of benzene rings is 2. The summed E-state index contributed by atoms with van der Waals surface area (Å²) in [6.45, 7) is 0.807. The molecule has 5 rings (SSSR count). The lowest BCUT2D eigenvalue weighted by Crippen LogP contribution is -2.65. The fourth-order valence-corrected chi connectivity index (χ4v) is 4.75. The van der Waals surface area contributed by atoms with E-state index in [1.807, 2.05) is 36.4 Å². The van der Waals surface area contributed by atoms with E-state index >= 15 is 0 Å². The summed E-state index contributed by atoms with van der Waals surface area (Å²) >= 11 is 0. The molecule has 4 nitrogen and oxygen atoms in total. The summed E-state index contributed by atoms with van der Waals surface area (Å²) in [4.78, 5) is 30.0. The van der Waals surface area contributed by atoms with Gasteiger partial charge in [0, 0.05) is 32.5 Å². The van der Waals surface area contributed by atoms with Crippen molar-refractivity contribution in [3.05, 3.63) is 71.8 Å². The van der Waals surface area contributed by atoms with Gasteiger partial charge in [-0.2, -0.15) is 0 Å². The van der Waals surface area contributed by atoms with Gasteiger partial charge in [-0.05, 0) is 24.0 Å². The molecule has 0 spiro atoms. The first-order valence-electron chi connectivity index (χ1n) is 9.68. The molecule has 1 unspecified atom stereocenters. The standard InChI is InChI=1S/C23H26N2O2/c1-24(2)23(27)19-15-18-13-14-25(19)21(22(18)26)20(16-9-5-3-6-10-16)17-11-7-4-8-12-17/h3-12,18-21H,13-15H2,1-2H3/t18-,19+,21-/m0/s1. The molecule has 3 fully saturated rings. The van der Waals surface area contributed by atoms with Crippen molar-refractivity contribution in [3.63, 3.8) is 0 Å². The third-order valence-corrected chi connectivity index (χ3v) is 6.05. The largest absolute Gasteiger partial charge is 0.347 e. The fraction of sp³-hybridized carbons (Fsp3) is 0.391. The first kappa shape index (κ1) is 17.9. The van der Waals surface area contributed by atoms with Crippen LogP contribution in [0, 0.1) is 5.92 Å². The fourth-order valence-electron chi connectivity index (χ4n) is 4.75. The Kier molecular flexibility index (Phi) is 4.83. The zero-order valence-electron chi connectivity index (χ0n) is 15.9. The number of carbonyl (C=O) groups is 2. The van der Waals surface area contributed by atoms with Crippen molar-refractivity contribution in [1.82, 2.24) is 9.80 Å². The number of nitrogens with zero attached hydrogens (tertiary/aromatic N) is 2. The predicted octanol–water partition coefficient (Wildman–Crippen LogP) is 2.94. The summed E-state index contributed by atoms with van der Waals surface area (Å²) in [5.74, 6) is 0.336. The minimum atomic E-state index is -0.281. The smallest absolute Gasteiger partial charge is 0.239 e. The highest BCUT2D eigenvalue weighted by Gasteiger charge is 2.51. The quantitative estimate of drug-likeness (QED) is 0.840. The third kappa shape index (κ3) is 3.19. The summed E-state index contributed by atoms with van der Waals surface area (Å²) in [6.07, 6.45) is 1.52. The topological polar surface area (TPSA) is 40.6 Å². The zero-order chi connectivity index (χ0) is 19.0. The summed E-state index contributed by atoms with van der Waals surface area (Å²) in [6, 6.07) is 20.0. The van der Waals surface area contributed by atoms with Crippen molar-refractivity contribution in [3.8, 4) is 0 Å². The number of fused-ring (bicyclic) bond motifs is 3. The normalized spacial score (nSPS) is 27.0. The van der Waals surface area contributed by atoms with Crippen LogP contribution in [0.5, 0.6) is 0 Å². The van der Waals surface area contributed by atoms with Gasteiger partial charge in [-0.15, -0.1) is 0 Å². The average Bonchev–Trinajstić information content (AvgIpc) is 2.71. The van der Waals surface area contributed by atoms with Crippen LogP contribution in [0.3, 0.4) is 0 Å². The molecule has 0 saturated carbocycles. The second kappa shape index (κ2) is 7.28. The molecule has 0 aromatic heterocycles. The number of hydrogen-bond acceptors (Lipinski definition) is 3. The summed E-state index contributed by atoms with van der Waals surface area (Å²) < 4.78 is 0. The Morgan fingerprint density at radius 2 is 1.56 bits per heavy atom. The summed E-state index contributed by atoms with van der Waals surface area (Å²) in [7, 11) is 3.60. The highest BCUT2D eigenvalue weighted by atomic mass is 16.2. The van der Waals surface area contributed by atoms with Gasteiger partial charge >= 0.3 is 0 Å². The number of likely N-dealkylation sites (N-methyl/N-ethyl adjacent to an activating group) is 1. The van der Waals surface area contributed by atoms with Crippen LogP contribution in [0.1, 0.15) is 29.9 Å². The van der Waals surface area contributed by atoms with Gasteiger partial charge in [-0.25, -0.2) is 0 Å². The summed E-state index contributed by atoms with van der Waals surface area (Å²) in [5, 5.41) is 0. The van der Waals surface area contributed by atoms with E-state index in [4.69, 9.17) is 0 Å². The Morgan fingerprint density at radius 1 is 1.00 bits per heavy atom. The molecular formula is C23H26N2O2. The van der Waals surface area contributed by atoms with E-state index < -0.39 is 0 Å². The molecule has 4 heteroatoms. The van der Waals surface area contributed by atoms with Crippen molar-refractivity contribution in [2.24, 2.45) is 5.92 Å². The van der Waals surface area contributed by atoms with Crippen molar-refractivity contribution < 1.29 is 9.59 Å². The molecule has 2 aromatic carbocycles. The molecular weight excluding hydrogens is 336 g/mol. The Hall–Kier alpha value is -2.46. The lowest BCUT2D eigenvalue weighted by Gasteiger charge is -2.51. The highest BCUT2D eigenvalue weighted by Crippen LogP contribution is 2.42. The number of rotatable bonds is 4. The lowest BCUT2D eigenvalue weighted by molar-refractivity contribution is -0.151. The van der Waals surface area contributed by atoms with Crippen LogP contribution >= 0.6 is 0 Å². The molecule has 0 radical (unpaired) electrons. The SMILES string of the molecule is CN(C)C(=O)[C@H]1C[C@@H]2CCN1[C@@H](C(c1ccccc1)c1ccccc1)C2=O. The lowest BCUT2D eigenvalue weighted by atomic mass is 9.70. The maximum atomic E-state index is 13.3. The minimum Gasteiger partial charge on any atom is -0.347 e. The molecule has 0 aliphatic carbocycles. The number of hydrogen-bond donors (Lipinski definition) is 0. The van der Waals surface area contributed by atoms with Crippen LogP contribution < -0.4 is 0 Å². The van der Waals surface area contributed by atoms with Crippen molar-refractivity contribution in [2.45, 2.75) is 30.8 Å². The molecule has 27 heavy (non-hydrogen) atoms. The number of Topliss-reactive ketones (excluding diaryl/α,β-unsaturated/α-hetero) is 1. The second-order valence-corrected chi connectivity index (χ2v) is 7.85. The van der Waals surface area contributed by atoms with Crippen LogP contribution in [0.2, 0.25) is 0 Å². The van der Waals surface area contributed by atoms with E-state index in [9.17, 15) is 9.59 Å². The van der Waals surface area contributed by atoms with Gasteiger partial charge in [-0.3, -0.25) is 14.5 Å². The first-order chi connectivity index (χ1) is 13.1. The number of amides is 1. The van der Waals surface area contributed by atoms with Crippen LogP contribution in [-0.4, -0.2) is 54.2 Å². The predicted molar refractivity (Wildman–Crippen MR) is 105 cm³/mol. The molecule has 140 valence electrons. The maximum Gasteiger partial charge on any atom is 0.239 e. The molecule has 3 aliphatic rings. The van der Waals surface area contributed by atoms with Gasteiger partial charge in [0.05, 0.1) is 12.1 Å². The number of piperidine rings is 3. The Balaban J connectivity index is 1.79. The van der Waals surface area contributed by atoms with Gasteiger partial charge in [0.25, 0.3) is 0 Å².